The van der Waals surface area contributed by atoms with E-state index in [0.717, 1.165) is 42.0 Å². The van der Waals surface area contributed by atoms with Gasteiger partial charge in [-0.15, -0.1) is 11.3 Å². The zero-order chi connectivity index (χ0) is 16.6. The van der Waals surface area contributed by atoms with E-state index in [9.17, 15) is 4.79 Å². The molecule has 2 aromatic heterocycles. The van der Waals surface area contributed by atoms with Crippen molar-refractivity contribution in [2.75, 3.05) is 25.0 Å². The molecule has 0 aromatic carbocycles. The van der Waals surface area contributed by atoms with E-state index in [2.05, 4.69) is 26.3 Å². The average molecular weight is 332 g/mol. The molecule has 1 saturated heterocycles. The first-order valence-electron chi connectivity index (χ1n) is 8.08. The Morgan fingerprint density at radius 3 is 2.91 bits per heavy atom. The molecule has 1 unspecified atom stereocenters. The molecule has 1 fully saturated rings. The van der Waals surface area contributed by atoms with Crippen molar-refractivity contribution in [2.24, 2.45) is 5.41 Å². The number of hydrogen-bond donors (Lipinski definition) is 0. The summed E-state index contributed by atoms with van der Waals surface area (Å²) in [5, 5.41) is 3.17. The van der Waals surface area contributed by atoms with Crippen molar-refractivity contribution in [2.45, 2.75) is 39.7 Å². The largest absolute Gasteiger partial charge is 0.354 e. The van der Waals surface area contributed by atoms with Crippen LogP contribution in [0.2, 0.25) is 0 Å². The molecule has 1 amide bonds. The van der Waals surface area contributed by atoms with Gasteiger partial charge in [-0.3, -0.25) is 4.79 Å². The number of thiophene rings is 1. The number of likely N-dealkylation sites (N-methyl/N-ethyl adjacent to an activating group) is 1. The van der Waals surface area contributed by atoms with E-state index >= 15 is 0 Å². The molecule has 2 aromatic rings. The molecule has 0 saturated carbocycles. The fourth-order valence-electron chi connectivity index (χ4n) is 3.19. The van der Waals surface area contributed by atoms with Gasteiger partial charge in [0, 0.05) is 31.6 Å². The van der Waals surface area contributed by atoms with E-state index in [1.54, 1.807) is 17.7 Å². The molecule has 1 aliphatic rings. The summed E-state index contributed by atoms with van der Waals surface area (Å²) in [4.78, 5) is 26.7. The maximum atomic E-state index is 12.6. The standard InChI is InChI=1S/C17H24N4OS/c1-17(2,3)16(22)20(4)12-6-5-8-21(10-12)14-13-7-9-23-15(13)19-11-18-14/h7,9,11-12H,5-6,8,10H2,1-4H3. The van der Waals surface area contributed by atoms with Gasteiger partial charge in [-0.25, -0.2) is 9.97 Å². The minimum atomic E-state index is -0.341. The first-order valence-corrected chi connectivity index (χ1v) is 8.96. The van der Waals surface area contributed by atoms with Gasteiger partial charge in [0.2, 0.25) is 5.91 Å². The van der Waals surface area contributed by atoms with E-state index in [-0.39, 0.29) is 17.4 Å². The fraction of sp³-hybridized carbons (Fsp3) is 0.588. The molecular formula is C17H24N4OS. The molecule has 1 atom stereocenters. The summed E-state index contributed by atoms with van der Waals surface area (Å²) in [6, 6.07) is 2.32. The van der Waals surface area contributed by atoms with Crippen molar-refractivity contribution >= 4 is 33.3 Å². The van der Waals surface area contributed by atoms with Crippen LogP contribution in [0.1, 0.15) is 33.6 Å². The molecule has 5 nitrogen and oxygen atoms in total. The third-order valence-corrected chi connectivity index (χ3v) is 5.27. The molecule has 0 radical (unpaired) electrons. The van der Waals surface area contributed by atoms with Gasteiger partial charge in [-0.2, -0.15) is 0 Å². The van der Waals surface area contributed by atoms with Crippen LogP contribution in [-0.4, -0.2) is 47.0 Å². The molecule has 3 rings (SSSR count). The van der Waals surface area contributed by atoms with Crippen molar-refractivity contribution in [3.8, 4) is 0 Å². The van der Waals surface area contributed by atoms with Gasteiger partial charge in [0.05, 0.1) is 5.39 Å². The van der Waals surface area contributed by atoms with Crippen molar-refractivity contribution in [3.05, 3.63) is 17.8 Å². The van der Waals surface area contributed by atoms with Crippen molar-refractivity contribution in [3.63, 3.8) is 0 Å². The summed E-state index contributed by atoms with van der Waals surface area (Å²) in [6.45, 7) is 7.75. The van der Waals surface area contributed by atoms with Crippen molar-refractivity contribution < 1.29 is 4.79 Å². The minimum Gasteiger partial charge on any atom is -0.354 e. The van der Waals surface area contributed by atoms with Gasteiger partial charge in [-0.1, -0.05) is 20.8 Å². The summed E-state index contributed by atoms with van der Waals surface area (Å²) in [6.07, 6.45) is 3.76. The normalized spacial score (nSPS) is 19.1. The average Bonchev–Trinajstić information content (AvgIpc) is 3.01. The predicted molar refractivity (Wildman–Crippen MR) is 94.9 cm³/mol. The second-order valence-electron chi connectivity index (χ2n) is 7.24. The summed E-state index contributed by atoms with van der Waals surface area (Å²) in [5.41, 5.74) is -0.341. The lowest BCUT2D eigenvalue weighted by molar-refractivity contribution is -0.140. The summed E-state index contributed by atoms with van der Waals surface area (Å²) in [5.74, 6) is 1.20. The van der Waals surface area contributed by atoms with Gasteiger partial charge in [0.25, 0.3) is 0 Å². The third kappa shape index (κ3) is 3.17. The molecule has 1 aliphatic heterocycles. The van der Waals surface area contributed by atoms with E-state index in [0.29, 0.717) is 0 Å². The minimum absolute atomic E-state index is 0.202. The summed E-state index contributed by atoms with van der Waals surface area (Å²) >= 11 is 1.64. The van der Waals surface area contributed by atoms with Crippen molar-refractivity contribution in [1.29, 1.82) is 0 Å². The molecule has 124 valence electrons. The van der Waals surface area contributed by atoms with Crippen LogP contribution in [0.5, 0.6) is 0 Å². The van der Waals surface area contributed by atoms with Gasteiger partial charge in [0.15, 0.2) is 0 Å². The van der Waals surface area contributed by atoms with Gasteiger partial charge in [0.1, 0.15) is 17.0 Å². The Balaban J connectivity index is 1.81. The number of piperidine rings is 1. The molecule has 23 heavy (non-hydrogen) atoms. The van der Waals surface area contributed by atoms with Crippen LogP contribution in [0.3, 0.4) is 0 Å². The van der Waals surface area contributed by atoms with Crippen LogP contribution in [0.4, 0.5) is 5.82 Å². The highest BCUT2D eigenvalue weighted by Crippen LogP contribution is 2.30. The zero-order valence-electron chi connectivity index (χ0n) is 14.2. The topological polar surface area (TPSA) is 49.3 Å². The lowest BCUT2D eigenvalue weighted by atomic mass is 9.93. The Hall–Kier alpha value is -1.69. The Labute approximate surface area is 141 Å². The Bertz CT molecular complexity index is 706. The molecule has 6 heteroatoms. The number of nitrogens with zero attached hydrogens (tertiary/aromatic N) is 4. The number of rotatable bonds is 2. The first kappa shape index (κ1) is 16.2. The van der Waals surface area contributed by atoms with Gasteiger partial charge >= 0.3 is 0 Å². The monoisotopic (exact) mass is 332 g/mol. The lowest BCUT2D eigenvalue weighted by Gasteiger charge is -2.40. The fourth-order valence-corrected chi connectivity index (χ4v) is 3.91. The first-order chi connectivity index (χ1) is 10.9. The summed E-state index contributed by atoms with van der Waals surface area (Å²) < 4.78 is 0. The highest BCUT2D eigenvalue weighted by Gasteiger charge is 2.32. The predicted octanol–water partition coefficient (Wildman–Crippen LogP) is 3.16. The maximum Gasteiger partial charge on any atom is 0.227 e. The molecule has 0 bridgehead atoms. The van der Waals surface area contributed by atoms with E-state index in [1.807, 2.05) is 32.7 Å². The highest BCUT2D eigenvalue weighted by molar-refractivity contribution is 7.16. The Morgan fingerprint density at radius 1 is 1.39 bits per heavy atom. The number of aromatic nitrogens is 2. The van der Waals surface area contributed by atoms with Crippen LogP contribution in [0, 0.1) is 5.41 Å². The van der Waals surface area contributed by atoms with Gasteiger partial charge in [-0.05, 0) is 24.3 Å². The molecule has 3 heterocycles. The van der Waals surface area contributed by atoms with Crippen LogP contribution < -0.4 is 4.90 Å². The number of fused-ring (bicyclic) bond motifs is 1. The van der Waals surface area contributed by atoms with E-state index < -0.39 is 0 Å². The van der Waals surface area contributed by atoms with Crippen LogP contribution in [-0.2, 0) is 4.79 Å². The highest BCUT2D eigenvalue weighted by atomic mass is 32.1. The van der Waals surface area contributed by atoms with Crippen LogP contribution in [0.15, 0.2) is 17.8 Å². The number of carbonyl (C=O) groups is 1. The molecule has 0 spiro atoms. The Kier molecular flexibility index (Phi) is 4.27. The van der Waals surface area contributed by atoms with Gasteiger partial charge < -0.3 is 9.80 Å². The molecular weight excluding hydrogens is 308 g/mol. The van der Waals surface area contributed by atoms with E-state index in [1.165, 1.54) is 0 Å². The number of amides is 1. The second kappa shape index (κ2) is 6.07. The van der Waals surface area contributed by atoms with Crippen LogP contribution >= 0.6 is 11.3 Å². The quantitative estimate of drug-likeness (QED) is 0.847. The number of carbonyl (C=O) groups excluding carboxylic acids is 1. The zero-order valence-corrected chi connectivity index (χ0v) is 15.1. The second-order valence-corrected chi connectivity index (χ2v) is 8.14. The Morgan fingerprint density at radius 2 is 2.17 bits per heavy atom. The van der Waals surface area contributed by atoms with Crippen LogP contribution in [0.25, 0.3) is 10.2 Å². The van der Waals surface area contributed by atoms with Crippen molar-refractivity contribution in [1.82, 2.24) is 14.9 Å². The number of anilines is 1. The smallest absolute Gasteiger partial charge is 0.227 e. The maximum absolute atomic E-state index is 12.6. The SMILES string of the molecule is CN(C(=O)C(C)(C)C)C1CCCN(c2ncnc3sccc23)C1. The lowest BCUT2D eigenvalue weighted by Crippen LogP contribution is -2.51. The molecule has 0 aliphatic carbocycles. The van der Waals surface area contributed by atoms with E-state index in [4.69, 9.17) is 0 Å². The number of hydrogen-bond acceptors (Lipinski definition) is 5. The molecule has 0 N–H and O–H groups in total. The summed E-state index contributed by atoms with van der Waals surface area (Å²) in [7, 11) is 1.93. The third-order valence-electron chi connectivity index (χ3n) is 4.45.